The predicted molar refractivity (Wildman–Crippen MR) is 93.2 cm³/mol. The van der Waals surface area contributed by atoms with E-state index in [9.17, 15) is 4.79 Å². The lowest BCUT2D eigenvalue weighted by atomic mass is 10.0. The molecule has 0 bridgehead atoms. The van der Waals surface area contributed by atoms with E-state index in [2.05, 4.69) is 30.7 Å². The van der Waals surface area contributed by atoms with E-state index in [1.54, 1.807) is 12.4 Å². The molecule has 128 valence electrons. The molecule has 25 heavy (non-hydrogen) atoms. The number of H-pyrrole nitrogens is 1. The van der Waals surface area contributed by atoms with Gasteiger partial charge in [-0.1, -0.05) is 0 Å². The Balaban J connectivity index is 1.41. The van der Waals surface area contributed by atoms with Crippen LogP contribution >= 0.6 is 0 Å². The molecule has 0 aliphatic carbocycles. The molecule has 1 fully saturated rings. The Labute approximate surface area is 144 Å². The lowest BCUT2D eigenvalue weighted by Gasteiger charge is -2.32. The van der Waals surface area contributed by atoms with Gasteiger partial charge in [0.15, 0.2) is 5.65 Å². The highest BCUT2D eigenvalue weighted by atomic mass is 16.2. The molecule has 8 nitrogen and oxygen atoms in total. The van der Waals surface area contributed by atoms with Crippen LogP contribution in [0.4, 0.5) is 5.82 Å². The van der Waals surface area contributed by atoms with E-state index in [4.69, 9.17) is 0 Å². The smallest absolute Gasteiger partial charge is 0.255 e. The van der Waals surface area contributed by atoms with Gasteiger partial charge < -0.3 is 10.2 Å². The van der Waals surface area contributed by atoms with E-state index < -0.39 is 0 Å². The number of likely N-dealkylation sites (tertiary alicyclic amines) is 1. The Morgan fingerprint density at radius 2 is 2.20 bits per heavy atom. The van der Waals surface area contributed by atoms with E-state index in [0.717, 1.165) is 29.7 Å². The van der Waals surface area contributed by atoms with Crippen molar-refractivity contribution in [2.45, 2.75) is 25.8 Å². The number of amides is 1. The van der Waals surface area contributed by atoms with Crippen molar-refractivity contribution in [2.75, 3.05) is 18.4 Å². The number of carbonyl (C=O) groups is 1. The Hall–Kier alpha value is -3.03. The van der Waals surface area contributed by atoms with E-state index in [-0.39, 0.29) is 5.91 Å². The number of fused-ring (bicyclic) bond motifs is 1. The number of hydrogen-bond acceptors (Lipinski definition) is 6. The van der Waals surface area contributed by atoms with E-state index in [1.807, 2.05) is 30.0 Å². The van der Waals surface area contributed by atoms with Gasteiger partial charge in [0.25, 0.3) is 5.91 Å². The summed E-state index contributed by atoms with van der Waals surface area (Å²) < 4.78 is 0. The number of hydrogen-bond donors (Lipinski definition) is 2. The lowest BCUT2D eigenvalue weighted by molar-refractivity contribution is 0.0718. The van der Waals surface area contributed by atoms with Crippen LogP contribution in [0.3, 0.4) is 0 Å². The van der Waals surface area contributed by atoms with Crippen LogP contribution in [0.5, 0.6) is 0 Å². The van der Waals surface area contributed by atoms with Gasteiger partial charge in [0.05, 0.1) is 5.56 Å². The first-order valence-electron chi connectivity index (χ1n) is 8.35. The SMILES string of the molecule is Cc1[nH]nc2ncc(C(=O)N3CCC(Nc4cccnn4)CC3)cc12. The Kier molecular flexibility index (Phi) is 4.01. The molecule has 0 atom stereocenters. The normalized spacial score (nSPS) is 15.5. The van der Waals surface area contributed by atoms with Crippen LogP contribution < -0.4 is 5.32 Å². The van der Waals surface area contributed by atoms with Crippen molar-refractivity contribution >= 4 is 22.8 Å². The molecule has 0 aromatic carbocycles. The summed E-state index contributed by atoms with van der Waals surface area (Å²) in [7, 11) is 0. The van der Waals surface area contributed by atoms with Crippen LogP contribution in [0.2, 0.25) is 0 Å². The zero-order valence-electron chi connectivity index (χ0n) is 13.9. The van der Waals surface area contributed by atoms with Crippen molar-refractivity contribution in [3.05, 3.63) is 41.9 Å². The molecule has 3 aromatic rings. The minimum Gasteiger partial charge on any atom is -0.366 e. The van der Waals surface area contributed by atoms with Crippen molar-refractivity contribution in [2.24, 2.45) is 0 Å². The van der Waals surface area contributed by atoms with Crippen LogP contribution in [-0.4, -0.2) is 55.3 Å². The number of aromatic amines is 1. The molecule has 0 saturated carbocycles. The van der Waals surface area contributed by atoms with Crippen LogP contribution in [0.1, 0.15) is 28.9 Å². The average molecular weight is 337 g/mol. The number of pyridine rings is 1. The second-order valence-corrected chi connectivity index (χ2v) is 6.26. The number of aryl methyl sites for hydroxylation is 1. The van der Waals surface area contributed by atoms with Crippen molar-refractivity contribution in [3.8, 4) is 0 Å². The molecule has 0 radical (unpaired) electrons. The molecular weight excluding hydrogens is 318 g/mol. The standard InChI is InChI=1S/C17H19N7O/c1-11-14-9-12(10-18-16(14)23-21-11)17(25)24-7-4-13(5-8-24)20-15-3-2-6-19-22-15/h2-3,6,9-10,13H,4-5,7-8H2,1H3,(H,20,22)(H,18,21,23). The molecule has 2 N–H and O–H groups in total. The van der Waals surface area contributed by atoms with E-state index in [0.29, 0.717) is 30.3 Å². The van der Waals surface area contributed by atoms with Crippen molar-refractivity contribution < 1.29 is 4.79 Å². The largest absolute Gasteiger partial charge is 0.366 e. The molecule has 0 unspecified atom stereocenters. The Morgan fingerprint density at radius 1 is 1.36 bits per heavy atom. The third kappa shape index (κ3) is 3.15. The number of piperidine rings is 1. The molecule has 1 aliphatic heterocycles. The molecular formula is C17H19N7O. The fourth-order valence-corrected chi connectivity index (χ4v) is 3.13. The summed E-state index contributed by atoms with van der Waals surface area (Å²) in [6.45, 7) is 3.34. The first kappa shape index (κ1) is 15.5. The zero-order chi connectivity index (χ0) is 17.2. The molecule has 1 amide bonds. The highest BCUT2D eigenvalue weighted by Crippen LogP contribution is 2.19. The quantitative estimate of drug-likeness (QED) is 0.755. The minimum absolute atomic E-state index is 0.0213. The van der Waals surface area contributed by atoms with Crippen molar-refractivity contribution in [1.82, 2.24) is 30.3 Å². The maximum Gasteiger partial charge on any atom is 0.255 e. The monoisotopic (exact) mass is 337 g/mol. The van der Waals surface area contributed by atoms with E-state index in [1.165, 1.54) is 0 Å². The summed E-state index contributed by atoms with van der Waals surface area (Å²) in [6, 6.07) is 5.93. The van der Waals surface area contributed by atoms with Crippen LogP contribution in [-0.2, 0) is 0 Å². The van der Waals surface area contributed by atoms with Crippen molar-refractivity contribution in [1.29, 1.82) is 0 Å². The maximum absolute atomic E-state index is 12.8. The van der Waals surface area contributed by atoms with Gasteiger partial charge in [-0.05, 0) is 38.0 Å². The van der Waals surface area contributed by atoms with Gasteiger partial charge in [0.2, 0.25) is 0 Å². The Morgan fingerprint density at radius 3 is 2.96 bits per heavy atom. The lowest BCUT2D eigenvalue weighted by Crippen LogP contribution is -2.42. The molecule has 3 aromatic heterocycles. The number of carbonyl (C=O) groups excluding carboxylic acids is 1. The van der Waals surface area contributed by atoms with Gasteiger partial charge in [0, 0.05) is 42.6 Å². The maximum atomic E-state index is 12.8. The fraction of sp³-hybridized carbons (Fsp3) is 0.353. The third-order valence-electron chi connectivity index (χ3n) is 4.55. The second kappa shape index (κ2) is 6.46. The Bertz CT molecular complexity index is 884. The summed E-state index contributed by atoms with van der Waals surface area (Å²) in [4.78, 5) is 18.9. The minimum atomic E-state index is 0.0213. The second-order valence-electron chi connectivity index (χ2n) is 6.26. The fourth-order valence-electron chi connectivity index (χ4n) is 3.13. The number of nitrogens with zero attached hydrogens (tertiary/aromatic N) is 5. The first-order valence-corrected chi connectivity index (χ1v) is 8.35. The molecule has 8 heteroatoms. The highest BCUT2D eigenvalue weighted by Gasteiger charge is 2.24. The number of rotatable bonds is 3. The summed E-state index contributed by atoms with van der Waals surface area (Å²) in [6.07, 6.45) is 5.01. The number of nitrogens with one attached hydrogen (secondary N) is 2. The number of anilines is 1. The van der Waals surface area contributed by atoms with Crippen LogP contribution in [0.15, 0.2) is 30.6 Å². The van der Waals surface area contributed by atoms with Crippen LogP contribution in [0.25, 0.3) is 11.0 Å². The number of aromatic nitrogens is 5. The summed E-state index contributed by atoms with van der Waals surface area (Å²) in [5.74, 6) is 0.797. The molecule has 4 heterocycles. The van der Waals surface area contributed by atoms with Gasteiger partial charge in [-0.15, -0.1) is 5.10 Å². The highest BCUT2D eigenvalue weighted by molar-refractivity contribution is 5.97. The van der Waals surface area contributed by atoms with Gasteiger partial charge in [0.1, 0.15) is 5.82 Å². The molecule has 0 spiro atoms. The zero-order valence-corrected chi connectivity index (χ0v) is 13.9. The summed E-state index contributed by atoms with van der Waals surface area (Å²) in [5, 5.41) is 19.2. The third-order valence-corrected chi connectivity index (χ3v) is 4.55. The van der Waals surface area contributed by atoms with Gasteiger partial charge >= 0.3 is 0 Å². The van der Waals surface area contributed by atoms with Gasteiger partial charge in [-0.2, -0.15) is 10.2 Å². The van der Waals surface area contributed by atoms with Gasteiger partial charge in [-0.3, -0.25) is 9.89 Å². The average Bonchev–Trinajstić information content (AvgIpc) is 3.03. The molecule has 1 saturated heterocycles. The molecule has 4 rings (SSSR count). The van der Waals surface area contributed by atoms with Gasteiger partial charge in [-0.25, -0.2) is 4.98 Å². The predicted octanol–water partition coefficient (Wildman–Crippen LogP) is 1.77. The van der Waals surface area contributed by atoms with Crippen molar-refractivity contribution in [3.63, 3.8) is 0 Å². The topological polar surface area (TPSA) is 99.7 Å². The first-order chi connectivity index (χ1) is 12.2. The summed E-state index contributed by atoms with van der Waals surface area (Å²) >= 11 is 0. The molecule has 1 aliphatic rings. The van der Waals surface area contributed by atoms with E-state index >= 15 is 0 Å². The van der Waals surface area contributed by atoms with Crippen LogP contribution in [0, 0.1) is 6.92 Å². The summed E-state index contributed by atoms with van der Waals surface area (Å²) in [5.41, 5.74) is 2.17.